The zero-order valence-electron chi connectivity index (χ0n) is 20.1. The molecule has 2 aromatic rings. The van der Waals surface area contributed by atoms with Crippen LogP contribution in [0.5, 0.6) is 11.5 Å². The highest BCUT2D eigenvalue weighted by atomic mass is 16.6. The van der Waals surface area contributed by atoms with Crippen LogP contribution in [0.25, 0.3) is 22.3 Å². The van der Waals surface area contributed by atoms with Gasteiger partial charge in [-0.25, -0.2) is 0 Å². The number of allylic oxidation sites excluding steroid dienone is 2. The zero-order chi connectivity index (χ0) is 24.2. The van der Waals surface area contributed by atoms with Gasteiger partial charge in [-0.3, -0.25) is 9.98 Å². The summed E-state index contributed by atoms with van der Waals surface area (Å²) < 4.78 is 23.0. The van der Waals surface area contributed by atoms with E-state index in [-0.39, 0.29) is 12.2 Å². The Morgan fingerprint density at radius 2 is 1.21 bits per heavy atom. The fourth-order valence-electron chi connectivity index (χ4n) is 3.85. The molecule has 178 valence electrons. The van der Waals surface area contributed by atoms with Crippen molar-refractivity contribution in [2.24, 2.45) is 9.98 Å². The minimum Gasteiger partial charge on any atom is -0.490 e. The Hall–Kier alpha value is -3.22. The minimum atomic E-state index is 0.151. The van der Waals surface area contributed by atoms with Crippen molar-refractivity contribution >= 4 is 24.6 Å². The van der Waals surface area contributed by atoms with Gasteiger partial charge < -0.3 is 18.9 Å². The van der Waals surface area contributed by atoms with E-state index < -0.39 is 0 Å². The molecule has 2 aromatic carbocycles. The SMILES string of the molecule is C=NCc1cc(-c2cc(C(=C)C)c(OCC3CO3)c(C(=C)C)c2)cc(CN=C)c1OCC1CO1. The van der Waals surface area contributed by atoms with Crippen LogP contribution in [0, 0.1) is 0 Å². The molecule has 0 radical (unpaired) electrons. The lowest BCUT2D eigenvalue weighted by molar-refractivity contribution is 0.259. The van der Waals surface area contributed by atoms with E-state index in [1.165, 1.54) is 0 Å². The van der Waals surface area contributed by atoms with E-state index in [1.807, 2.05) is 13.8 Å². The van der Waals surface area contributed by atoms with E-state index >= 15 is 0 Å². The molecule has 2 saturated heterocycles. The molecule has 2 aliphatic rings. The molecule has 2 fully saturated rings. The topological polar surface area (TPSA) is 68.2 Å². The monoisotopic (exact) mass is 460 g/mol. The van der Waals surface area contributed by atoms with Crippen molar-refractivity contribution in [2.75, 3.05) is 26.4 Å². The summed E-state index contributed by atoms with van der Waals surface area (Å²) >= 11 is 0. The highest BCUT2D eigenvalue weighted by Gasteiger charge is 2.26. The van der Waals surface area contributed by atoms with Crippen LogP contribution < -0.4 is 9.47 Å². The second-order valence-corrected chi connectivity index (χ2v) is 8.88. The number of benzene rings is 2. The number of ether oxygens (including phenoxy) is 4. The van der Waals surface area contributed by atoms with Crippen LogP contribution in [0.4, 0.5) is 0 Å². The first-order valence-corrected chi connectivity index (χ1v) is 11.4. The van der Waals surface area contributed by atoms with Crippen LogP contribution in [0.3, 0.4) is 0 Å². The fraction of sp³-hybridized carbons (Fsp3) is 0.357. The Morgan fingerprint density at radius 1 is 0.794 bits per heavy atom. The van der Waals surface area contributed by atoms with E-state index in [0.717, 1.165) is 69.2 Å². The minimum absolute atomic E-state index is 0.151. The normalized spacial score (nSPS) is 18.2. The maximum absolute atomic E-state index is 6.18. The maximum Gasteiger partial charge on any atom is 0.134 e. The quantitative estimate of drug-likeness (QED) is 0.297. The molecule has 0 spiro atoms. The molecule has 34 heavy (non-hydrogen) atoms. The van der Waals surface area contributed by atoms with E-state index in [0.29, 0.717) is 26.3 Å². The van der Waals surface area contributed by atoms with Gasteiger partial charge in [0.15, 0.2) is 0 Å². The Morgan fingerprint density at radius 3 is 1.59 bits per heavy atom. The third-order valence-corrected chi connectivity index (χ3v) is 5.78. The standard InChI is InChI=1S/C28H32N2O4/c1-17(2)25-9-20(10-26(18(3)4)28(25)34-16-24-14-32-24)19-7-21(11-29-5)27(22(8-19)12-30-6)33-15-23-13-31-23/h7-10,23-24H,1,3,5-6,11-16H2,2,4H3. The molecule has 2 heterocycles. The average molecular weight is 461 g/mol. The molecular formula is C28H32N2O4. The van der Waals surface area contributed by atoms with Gasteiger partial charge in [-0.2, -0.15) is 0 Å². The zero-order valence-corrected chi connectivity index (χ0v) is 20.1. The molecule has 0 aromatic heterocycles. The van der Waals surface area contributed by atoms with Crippen LogP contribution in [-0.4, -0.2) is 52.1 Å². The van der Waals surface area contributed by atoms with Crippen molar-refractivity contribution < 1.29 is 18.9 Å². The second kappa shape index (κ2) is 10.4. The first-order chi connectivity index (χ1) is 16.4. The molecule has 2 atom stereocenters. The molecule has 0 N–H and O–H groups in total. The second-order valence-electron chi connectivity index (χ2n) is 8.88. The number of epoxide rings is 2. The summed E-state index contributed by atoms with van der Waals surface area (Å²) in [5.74, 6) is 1.58. The van der Waals surface area contributed by atoms with E-state index in [2.05, 4.69) is 60.8 Å². The van der Waals surface area contributed by atoms with Crippen LogP contribution in [0.1, 0.15) is 36.1 Å². The number of hydrogen-bond donors (Lipinski definition) is 0. The summed E-state index contributed by atoms with van der Waals surface area (Å²) in [5.41, 5.74) is 7.69. The van der Waals surface area contributed by atoms with Gasteiger partial charge in [-0.05, 0) is 73.8 Å². The number of nitrogens with zero attached hydrogens (tertiary/aromatic N) is 2. The summed E-state index contributed by atoms with van der Waals surface area (Å²) in [5, 5.41) is 0. The van der Waals surface area contributed by atoms with Crippen molar-refractivity contribution in [1.29, 1.82) is 0 Å². The Balaban J connectivity index is 1.81. The van der Waals surface area contributed by atoms with E-state index in [4.69, 9.17) is 18.9 Å². The summed E-state index contributed by atoms with van der Waals surface area (Å²) in [6.45, 7) is 23.1. The fourth-order valence-corrected chi connectivity index (χ4v) is 3.85. The van der Waals surface area contributed by atoms with Gasteiger partial charge in [0.25, 0.3) is 0 Å². The largest absolute Gasteiger partial charge is 0.490 e. The van der Waals surface area contributed by atoms with E-state index in [9.17, 15) is 0 Å². The third-order valence-electron chi connectivity index (χ3n) is 5.78. The maximum atomic E-state index is 6.18. The van der Waals surface area contributed by atoms with Crippen molar-refractivity contribution in [3.05, 3.63) is 59.7 Å². The first-order valence-electron chi connectivity index (χ1n) is 11.4. The van der Waals surface area contributed by atoms with Gasteiger partial charge >= 0.3 is 0 Å². The molecule has 6 heteroatoms. The molecule has 0 bridgehead atoms. The highest BCUT2D eigenvalue weighted by Crippen LogP contribution is 2.40. The lowest BCUT2D eigenvalue weighted by Crippen LogP contribution is -2.09. The van der Waals surface area contributed by atoms with Crippen molar-refractivity contribution in [3.63, 3.8) is 0 Å². The Kier molecular flexibility index (Phi) is 7.29. The van der Waals surface area contributed by atoms with Gasteiger partial charge in [-0.15, -0.1) is 0 Å². The summed E-state index contributed by atoms with van der Waals surface area (Å²) in [6, 6.07) is 8.43. The van der Waals surface area contributed by atoms with Crippen LogP contribution in [0.15, 0.2) is 47.4 Å². The van der Waals surface area contributed by atoms with Crippen LogP contribution in [-0.2, 0) is 22.6 Å². The summed E-state index contributed by atoms with van der Waals surface area (Å²) in [6.07, 6.45) is 0.311. The molecule has 0 saturated carbocycles. The number of aliphatic imine (C=N–C) groups is 2. The highest BCUT2D eigenvalue weighted by molar-refractivity contribution is 5.83. The Labute approximate surface area is 201 Å². The van der Waals surface area contributed by atoms with E-state index in [1.54, 1.807) is 0 Å². The predicted molar refractivity (Wildman–Crippen MR) is 138 cm³/mol. The van der Waals surface area contributed by atoms with Crippen molar-refractivity contribution in [1.82, 2.24) is 0 Å². The van der Waals surface area contributed by atoms with Gasteiger partial charge in [0, 0.05) is 22.3 Å². The predicted octanol–water partition coefficient (Wildman–Crippen LogP) is 5.38. The van der Waals surface area contributed by atoms with Crippen molar-refractivity contribution in [2.45, 2.75) is 39.1 Å². The summed E-state index contributed by atoms with van der Waals surface area (Å²) in [4.78, 5) is 8.26. The van der Waals surface area contributed by atoms with Crippen LogP contribution in [0.2, 0.25) is 0 Å². The molecule has 6 nitrogen and oxygen atoms in total. The van der Waals surface area contributed by atoms with Crippen LogP contribution >= 0.6 is 0 Å². The molecule has 4 rings (SSSR count). The smallest absolute Gasteiger partial charge is 0.134 e. The average Bonchev–Trinajstić information content (AvgIpc) is 3.72. The molecular weight excluding hydrogens is 428 g/mol. The van der Waals surface area contributed by atoms with Gasteiger partial charge in [0.1, 0.15) is 36.9 Å². The lowest BCUT2D eigenvalue weighted by Gasteiger charge is -2.20. The number of hydrogen-bond acceptors (Lipinski definition) is 6. The molecule has 0 amide bonds. The van der Waals surface area contributed by atoms with Gasteiger partial charge in [-0.1, -0.05) is 13.2 Å². The first kappa shape index (κ1) is 23.9. The number of rotatable bonds is 13. The lowest BCUT2D eigenvalue weighted by atomic mass is 9.91. The van der Waals surface area contributed by atoms with Crippen molar-refractivity contribution in [3.8, 4) is 22.6 Å². The van der Waals surface area contributed by atoms with Gasteiger partial charge in [0.2, 0.25) is 0 Å². The molecule has 2 aliphatic heterocycles. The third kappa shape index (κ3) is 5.64. The Bertz CT molecular complexity index is 1060. The molecule has 2 unspecified atom stereocenters. The van der Waals surface area contributed by atoms with Gasteiger partial charge in [0.05, 0.1) is 26.3 Å². The summed E-state index contributed by atoms with van der Waals surface area (Å²) in [7, 11) is 0. The molecule has 0 aliphatic carbocycles.